The first-order chi connectivity index (χ1) is 8.20. The lowest BCUT2D eigenvalue weighted by Crippen LogP contribution is -2.26. The van der Waals surface area contributed by atoms with Gasteiger partial charge in [0.25, 0.3) is 0 Å². The summed E-state index contributed by atoms with van der Waals surface area (Å²) in [6.45, 7) is 10.5. The first kappa shape index (κ1) is 15.2. The van der Waals surface area contributed by atoms with Gasteiger partial charge in [-0.15, -0.1) is 0 Å². The van der Waals surface area contributed by atoms with Crippen molar-refractivity contribution in [3.8, 4) is 0 Å². The van der Waals surface area contributed by atoms with E-state index in [2.05, 4.69) is 15.3 Å². The second kappa shape index (κ2) is 5.85. The summed E-state index contributed by atoms with van der Waals surface area (Å²) in [5.41, 5.74) is -0.155. The lowest BCUT2D eigenvalue weighted by atomic mass is 9.96. The molecule has 4 nitrogen and oxygen atoms in total. The third-order valence-electron chi connectivity index (χ3n) is 2.63. The fourth-order valence-electron chi connectivity index (χ4n) is 1.29. The van der Waals surface area contributed by atoms with Crippen LogP contribution in [0.5, 0.6) is 0 Å². The fourth-order valence-corrected chi connectivity index (χ4v) is 1.47. The molecule has 5 heteroatoms. The minimum absolute atomic E-state index is 0.155. The van der Waals surface area contributed by atoms with Crippen molar-refractivity contribution >= 4 is 17.4 Å². The highest BCUT2D eigenvalue weighted by Crippen LogP contribution is 2.22. The Kier molecular flexibility index (Phi) is 4.93. The van der Waals surface area contributed by atoms with Gasteiger partial charge in [0.05, 0.1) is 6.10 Å². The molecule has 0 saturated carbocycles. The molecule has 1 atom stereocenters. The summed E-state index contributed by atoms with van der Waals surface area (Å²) in [4.78, 5) is 8.64. The first-order valence-electron chi connectivity index (χ1n) is 6.17. The van der Waals surface area contributed by atoms with Gasteiger partial charge in [-0.25, -0.2) is 9.97 Å². The van der Waals surface area contributed by atoms with Crippen molar-refractivity contribution in [1.29, 1.82) is 0 Å². The topological polar surface area (TPSA) is 58.0 Å². The lowest BCUT2D eigenvalue weighted by Gasteiger charge is -2.19. The standard InChI is InChI=1S/C13H22ClN3O/c1-8(2)9(18)7-15-11-6-10(14)16-12(17-11)13(3,4)5/h6,8-9,18H,7H2,1-5H3,(H,15,16,17). The second-order valence-electron chi connectivity index (χ2n) is 5.84. The number of anilines is 1. The molecule has 1 aromatic rings. The van der Waals surface area contributed by atoms with Gasteiger partial charge in [-0.1, -0.05) is 46.2 Å². The van der Waals surface area contributed by atoms with Gasteiger partial charge >= 0.3 is 0 Å². The number of hydrogen-bond donors (Lipinski definition) is 2. The predicted octanol–water partition coefficient (Wildman–Crippen LogP) is 2.86. The van der Waals surface area contributed by atoms with Crippen LogP contribution in [-0.4, -0.2) is 27.7 Å². The highest BCUT2D eigenvalue weighted by molar-refractivity contribution is 6.29. The summed E-state index contributed by atoms with van der Waals surface area (Å²) in [5.74, 6) is 1.55. The van der Waals surface area contributed by atoms with Crippen molar-refractivity contribution in [1.82, 2.24) is 9.97 Å². The fraction of sp³-hybridized carbons (Fsp3) is 0.692. The van der Waals surface area contributed by atoms with Crippen LogP contribution in [0.2, 0.25) is 5.15 Å². The summed E-state index contributed by atoms with van der Waals surface area (Å²) < 4.78 is 0. The van der Waals surface area contributed by atoms with Crippen LogP contribution >= 0.6 is 11.6 Å². The Morgan fingerprint density at radius 2 is 1.94 bits per heavy atom. The molecule has 0 fully saturated rings. The molecule has 0 aromatic carbocycles. The van der Waals surface area contributed by atoms with E-state index < -0.39 is 6.10 Å². The summed E-state index contributed by atoms with van der Waals surface area (Å²) >= 11 is 5.98. The smallest absolute Gasteiger partial charge is 0.137 e. The van der Waals surface area contributed by atoms with E-state index in [9.17, 15) is 5.11 Å². The maximum absolute atomic E-state index is 9.75. The molecule has 102 valence electrons. The van der Waals surface area contributed by atoms with Gasteiger partial charge in [0.1, 0.15) is 16.8 Å². The molecule has 2 N–H and O–H groups in total. The van der Waals surface area contributed by atoms with Crippen LogP contribution in [-0.2, 0) is 5.41 Å². The Labute approximate surface area is 114 Å². The molecule has 0 saturated heterocycles. The molecular formula is C13H22ClN3O. The van der Waals surface area contributed by atoms with E-state index in [1.165, 1.54) is 0 Å². The second-order valence-corrected chi connectivity index (χ2v) is 6.23. The third kappa shape index (κ3) is 4.42. The zero-order chi connectivity index (χ0) is 13.9. The van der Waals surface area contributed by atoms with Crippen molar-refractivity contribution in [3.05, 3.63) is 17.0 Å². The zero-order valence-corrected chi connectivity index (χ0v) is 12.4. The minimum Gasteiger partial charge on any atom is -0.391 e. The number of aliphatic hydroxyl groups excluding tert-OH is 1. The van der Waals surface area contributed by atoms with Crippen LogP contribution in [0.15, 0.2) is 6.07 Å². The minimum atomic E-state index is -0.406. The van der Waals surface area contributed by atoms with Gasteiger partial charge in [0.2, 0.25) is 0 Å². The number of rotatable bonds is 4. The van der Waals surface area contributed by atoms with Gasteiger partial charge in [-0.3, -0.25) is 0 Å². The van der Waals surface area contributed by atoms with Crippen molar-refractivity contribution in [3.63, 3.8) is 0 Å². The van der Waals surface area contributed by atoms with Crippen molar-refractivity contribution in [2.24, 2.45) is 5.92 Å². The SMILES string of the molecule is CC(C)C(O)CNc1cc(Cl)nc(C(C)(C)C)n1. The highest BCUT2D eigenvalue weighted by atomic mass is 35.5. The van der Waals surface area contributed by atoms with Gasteiger partial charge in [0.15, 0.2) is 0 Å². The van der Waals surface area contributed by atoms with Crippen molar-refractivity contribution in [2.75, 3.05) is 11.9 Å². The summed E-state index contributed by atoms with van der Waals surface area (Å²) in [6, 6.07) is 1.67. The predicted molar refractivity (Wildman–Crippen MR) is 75.1 cm³/mol. The summed E-state index contributed by atoms with van der Waals surface area (Å²) in [7, 11) is 0. The zero-order valence-electron chi connectivity index (χ0n) is 11.7. The molecular weight excluding hydrogens is 250 g/mol. The maximum Gasteiger partial charge on any atom is 0.137 e. The molecule has 0 aliphatic heterocycles. The first-order valence-corrected chi connectivity index (χ1v) is 6.55. The summed E-state index contributed by atoms with van der Waals surface area (Å²) in [6.07, 6.45) is -0.406. The molecule has 0 bridgehead atoms. The van der Waals surface area contributed by atoms with E-state index >= 15 is 0 Å². The van der Waals surface area contributed by atoms with Crippen molar-refractivity contribution < 1.29 is 5.11 Å². The van der Waals surface area contributed by atoms with Crippen molar-refractivity contribution in [2.45, 2.75) is 46.1 Å². The van der Waals surface area contributed by atoms with Gasteiger partial charge in [-0.2, -0.15) is 0 Å². The van der Waals surface area contributed by atoms with Crippen LogP contribution < -0.4 is 5.32 Å². The van der Waals surface area contributed by atoms with Crippen LogP contribution in [0.1, 0.15) is 40.4 Å². The van der Waals surface area contributed by atoms with Gasteiger partial charge in [0, 0.05) is 18.0 Å². The largest absolute Gasteiger partial charge is 0.391 e. The van der Waals surface area contributed by atoms with E-state index in [0.29, 0.717) is 23.3 Å². The number of nitrogens with zero attached hydrogens (tertiary/aromatic N) is 2. The molecule has 18 heavy (non-hydrogen) atoms. The van der Waals surface area contributed by atoms with Gasteiger partial charge < -0.3 is 10.4 Å². The quantitative estimate of drug-likeness (QED) is 0.827. The Bertz CT molecular complexity index is 402. The Balaban J connectivity index is 2.81. The third-order valence-corrected chi connectivity index (χ3v) is 2.82. The van der Waals surface area contributed by atoms with E-state index in [1.54, 1.807) is 6.07 Å². The van der Waals surface area contributed by atoms with E-state index in [4.69, 9.17) is 11.6 Å². The molecule has 0 spiro atoms. The molecule has 1 rings (SSSR count). The average Bonchev–Trinajstić information content (AvgIpc) is 2.23. The van der Waals surface area contributed by atoms with E-state index in [-0.39, 0.29) is 11.3 Å². The lowest BCUT2D eigenvalue weighted by molar-refractivity contribution is 0.138. The molecule has 0 radical (unpaired) electrons. The van der Waals surface area contributed by atoms with Crippen LogP contribution in [0, 0.1) is 5.92 Å². The number of halogens is 1. The van der Waals surface area contributed by atoms with E-state index in [1.807, 2.05) is 34.6 Å². The Hall–Kier alpha value is -0.870. The molecule has 0 amide bonds. The summed E-state index contributed by atoms with van der Waals surface area (Å²) in [5, 5.41) is 13.3. The number of nitrogens with one attached hydrogen (secondary N) is 1. The van der Waals surface area contributed by atoms with Crippen LogP contribution in [0.25, 0.3) is 0 Å². The maximum atomic E-state index is 9.75. The molecule has 0 aliphatic carbocycles. The van der Waals surface area contributed by atoms with E-state index in [0.717, 1.165) is 0 Å². The monoisotopic (exact) mass is 271 g/mol. The Morgan fingerprint density at radius 3 is 2.44 bits per heavy atom. The van der Waals surface area contributed by atoms with Gasteiger partial charge in [-0.05, 0) is 5.92 Å². The van der Waals surface area contributed by atoms with Crippen LogP contribution in [0.4, 0.5) is 5.82 Å². The molecule has 1 aromatic heterocycles. The van der Waals surface area contributed by atoms with Crippen LogP contribution in [0.3, 0.4) is 0 Å². The number of aromatic nitrogens is 2. The molecule has 0 aliphatic rings. The Morgan fingerprint density at radius 1 is 1.33 bits per heavy atom. The molecule has 1 heterocycles. The molecule has 1 unspecified atom stereocenters. The normalized spacial score (nSPS) is 13.8. The highest BCUT2D eigenvalue weighted by Gasteiger charge is 2.19. The number of aliphatic hydroxyl groups is 1. The average molecular weight is 272 g/mol. The number of hydrogen-bond acceptors (Lipinski definition) is 4.